The van der Waals surface area contributed by atoms with Crippen LogP contribution in [0.1, 0.15) is 0 Å². The molecule has 74 valence electrons. The Bertz CT molecular complexity index is 117. The van der Waals surface area contributed by atoms with Gasteiger partial charge in [-0.1, -0.05) is 0 Å². The molecule has 6 nitrogen and oxygen atoms in total. The van der Waals surface area contributed by atoms with Crippen LogP contribution in [0.15, 0.2) is 0 Å². The first-order chi connectivity index (χ1) is 5.29. The number of quaternary nitrogens is 1. The number of methoxy groups -OCH3 is 1. The third kappa shape index (κ3) is 35.4. The van der Waals surface area contributed by atoms with Crippen molar-refractivity contribution in [3.05, 3.63) is 15.3 Å². The second-order valence-corrected chi connectivity index (χ2v) is 3.23. The van der Waals surface area contributed by atoms with Crippen LogP contribution in [0.3, 0.4) is 0 Å². The van der Waals surface area contributed by atoms with Gasteiger partial charge in [-0.15, -0.1) is 0 Å². The monoisotopic (exact) mass is 180 g/mol. The Morgan fingerprint density at radius 1 is 1.33 bits per heavy atom. The minimum atomic E-state index is -1.75. The number of rotatable bonds is 3. The summed E-state index contributed by atoms with van der Waals surface area (Å²) in [6.45, 7) is 1.93. The third-order valence-electron chi connectivity index (χ3n) is 0.966. The largest absolute Gasteiger partial charge is 0.379 e. The molecule has 0 fully saturated rings. The fourth-order valence-corrected chi connectivity index (χ4v) is 0.365. The van der Waals surface area contributed by atoms with E-state index in [-0.39, 0.29) is 0 Å². The van der Waals surface area contributed by atoms with Gasteiger partial charge in [0, 0.05) is 7.11 Å². The zero-order chi connectivity index (χ0) is 10.2. The van der Waals surface area contributed by atoms with Gasteiger partial charge in [-0.3, -0.25) is 0 Å². The summed E-state index contributed by atoms with van der Waals surface area (Å²) in [7, 11) is 8.19. The normalized spacial score (nSPS) is 10.0. The van der Waals surface area contributed by atoms with E-state index in [1.54, 1.807) is 7.11 Å². The summed E-state index contributed by atoms with van der Waals surface area (Å²) in [6.07, 6.45) is 0. The highest BCUT2D eigenvalue weighted by Gasteiger charge is 2.03. The molecule has 0 rings (SSSR count). The lowest BCUT2D eigenvalue weighted by molar-refractivity contribution is -0.870. The molecule has 0 N–H and O–H groups in total. The van der Waals surface area contributed by atoms with Gasteiger partial charge in [-0.2, -0.15) is 0 Å². The molecule has 0 aromatic heterocycles. The summed E-state index contributed by atoms with van der Waals surface area (Å²) in [4.78, 5) is 8.25. The van der Waals surface area contributed by atoms with Crippen molar-refractivity contribution in [2.75, 3.05) is 41.4 Å². The molecule has 0 bridgehead atoms. The number of hydrogen-bond acceptors (Lipinski definition) is 4. The summed E-state index contributed by atoms with van der Waals surface area (Å²) in [5, 5.41) is 14.8. The van der Waals surface area contributed by atoms with Crippen molar-refractivity contribution in [3.63, 3.8) is 0 Å². The van der Waals surface area contributed by atoms with Crippen molar-refractivity contribution < 1.29 is 14.3 Å². The molecule has 0 aromatic carbocycles. The quantitative estimate of drug-likeness (QED) is 0.350. The minimum absolute atomic E-state index is 0.851. The Labute approximate surface area is 72.1 Å². The molecular weight excluding hydrogens is 164 g/mol. The van der Waals surface area contributed by atoms with Crippen LogP contribution in [0.4, 0.5) is 0 Å². The van der Waals surface area contributed by atoms with Crippen molar-refractivity contribution in [1.29, 1.82) is 0 Å². The number of ether oxygens (including phenoxy) is 1. The highest BCUT2D eigenvalue weighted by molar-refractivity contribution is 4.22. The Morgan fingerprint density at radius 2 is 1.67 bits per heavy atom. The van der Waals surface area contributed by atoms with Crippen LogP contribution in [0.2, 0.25) is 0 Å². The maximum Gasteiger partial charge on any atom is 0.102 e. The Morgan fingerprint density at radius 3 is 1.75 bits per heavy atom. The van der Waals surface area contributed by atoms with Gasteiger partial charge in [0.25, 0.3) is 0 Å². The van der Waals surface area contributed by atoms with Gasteiger partial charge in [-0.25, -0.2) is 0 Å². The van der Waals surface area contributed by atoms with E-state index in [0.29, 0.717) is 0 Å². The number of hydrogen-bond donors (Lipinski definition) is 0. The van der Waals surface area contributed by atoms with E-state index in [1.165, 1.54) is 0 Å². The van der Waals surface area contributed by atoms with Crippen LogP contribution in [-0.2, 0) is 4.74 Å². The molecule has 0 saturated carbocycles. The van der Waals surface area contributed by atoms with Crippen LogP contribution in [0.25, 0.3) is 0 Å². The van der Waals surface area contributed by atoms with Crippen molar-refractivity contribution in [2.24, 2.45) is 0 Å². The molecule has 0 unspecified atom stereocenters. The SMILES string of the molecule is COCC[N+](C)(C)C.O=[N+]([O-])[O-]. The summed E-state index contributed by atoms with van der Waals surface area (Å²) >= 11 is 0. The summed E-state index contributed by atoms with van der Waals surface area (Å²) < 4.78 is 5.88. The molecule has 0 radical (unpaired) electrons. The number of likely N-dealkylation sites (N-methyl/N-ethyl adjacent to an activating group) is 1. The molecule has 0 aromatic rings. The first-order valence-electron chi connectivity index (χ1n) is 3.40. The van der Waals surface area contributed by atoms with E-state index < -0.39 is 5.09 Å². The highest BCUT2D eigenvalue weighted by atomic mass is 16.9. The summed E-state index contributed by atoms with van der Waals surface area (Å²) in [5.41, 5.74) is 0. The lowest BCUT2D eigenvalue weighted by atomic mass is 10.5. The minimum Gasteiger partial charge on any atom is -0.379 e. The van der Waals surface area contributed by atoms with Gasteiger partial charge < -0.3 is 24.5 Å². The van der Waals surface area contributed by atoms with Gasteiger partial charge in [0.05, 0.1) is 32.8 Å². The molecule has 0 spiro atoms. The molecule has 0 atom stereocenters. The maximum atomic E-state index is 8.25. The lowest BCUT2D eigenvalue weighted by Crippen LogP contribution is -2.37. The van der Waals surface area contributed by atoms with E-state index in [0.717, 1.165) is 17.6 Å². The fourth-order valence-electron chi connectivity index (χ4n) is 0.365. The van der Waals surface area contributed by atoms with Crippen molar-refractivity contribution in [2.45, 2.75) is 0 Å². The van der Waals surface area contributed by atoms with Crippen LogP contribution in [0, 0.1) is 15.3 Å². The van der Waals surface area contributed by atoms with E-state index >= 15 is 0 Å². The molecule has 0 heterocycles. The van der Waals surface area contributed by atoms with Crippen LogP contribution in [0.5, 0.6) is 0 Å². The Kier molecular flexibility index (Phi) is 7.77. The Balaban J connectivity index is 0. The fraction of sp³-hybridized carbons (Fsp3) is 1.00. The van der Waals surface area contributed by atoms with Crippen molar-refractivity contribution >= 4 is 0 Å². The van der Waals surface area contributed by atoms with Gasteiger partial charge in [0.1, 0.15) is 6.54 Å². The van der Waals surface area contributed by atoms with Crippen molar-refractivity contribution in [3.8, 4) is 0 Å². The smallest absolute Gasteiger partial charge is 0.102 e. The lowest BCUT2D eigenvalue weighted by Gasteiger charge is -2.22. The van der Waals surface area contributed by atoms with E-state index in [2.05, 4.69) is 21.1 Å². The molecular formula is C6H16N2O4. The maximum absolute atomic E-state index is 8.25. The molecule has 0 saturated heterocycles. The second kappa shape index (κ2) is 6.81. The third-order valence-corrected chi connectivity index (χ3v) is 0.966. The molecule has 12 heavy (non-hydrogen) atoms. The molecule has 0 aliphatic rings. The van der Waals surface area contributed by atoms with E-state index in [4.69, 9.17) is 20.1 Å². The predicted octanol–water partition coefficient (Wildman–Crippen LogP) is 0.0999. The van der Waals surface area contributed by atoms with E-state index in [9.17, 15) is 0 Å². The standard InChI is InChI=1S/C6H16NO.NO3/c1-7(2,3)5-6-8-4;2-1(3)4/h5-6H2,1-4H3;/q+1;-1. The van der Waals surface area contributed by atoms with Crippen LogP contribution < -0.4 is 0 Å². The van der Waals surface area contributed by atoms with Crippen LogP contribution in [-0.4, -0.2) is 51.0 Å². The van der Waals surface area contributed by atoms with Gasteiger partial charge in [0.15, 0.2) is 0 Å². The number of nitrogens with zero attached hydrogens (tertiary/aromatic N) is 2. The Hall–Kier alpha value is -0.880. The topological polar surface area (TPSA) is 75.4 Å². The van der Waals surface area contributed by atoms with Gasteiger partial charge in [0.2, 0.25) is 0 Å². The van der Waals surface area contributed by atoms with Gasteiger partial charge >= 0.3 is 0 Å². The molecule has 0 aliphatic carbocycles. The summed E-state index contributed by atoms with van der Waals surface area (Å²) in [6, 6.07) is 0. The first-order valence-corrected chi connectivity index (χ1v) is 3.40. The zero-order valence-corrected chi connectivity index (χ0v) is 7.94. The van der Waals surface area contributed by atoms with Crippen molar-refractivity contribution in [1.82, 2.24) is 0 Å². The molecule has 0 amide bonds. The zero-order valence-electron chi connectivity index (χ0n) is 7.94. The predicted molar refractivity (Wildman–Crippen MR) is 45.1 cm³/mol. The van der Waals surface area contributed by atoms with Gasteiger partial charge in [-0.05, 0) is 0 Å². The van der Waals surface area contributed by atoms with Crippen LogP contribution >= 0.6 is 0 Å². The average molecular weight is 180 g/mol. The summed E-state index contributed by atoms with van der Waals surface area (Å²) in [5.74, 6) is 0. The second-order valence-electron chi connectivity index (χ2n) is 3.23. The highest BCUT2D eigenvalue weighted by Crippen LogP contribution is 1.87. The first kappa shape index (κ1) is 13.7. The average Bonchev–Trinajstić information content (AvgIpc) is 1.80. The van der Waals surface area contributed by atoms with E-state index in [1.807, 2.05) is 0 Å². The molecule has 0 aliphatic heterocycles. The molecule has 6 heteroatoms.